The molecule has 0 aliphatic rings. The smallest absolute Gasteiger partial charge is 0.326 e. The molecule has 0 saturated carbocycles. The van der Waals surface area contributed by atoms with Gasteiger partial charge in [-0.2, -0.15) is 4.72 Å². The zero-order valence-electron chi connectivity index (χ0n) is 11.9. The van der Waals surface area contributed by atoms with Crippen LogP contribution in [0, 0.1) is 5.92 Å². The average Bonchev–Trinajstić information content (AvgIpc) is 2.88. The summed E-state index contributed by atoms with van der Waals surface area (Å²) in [5, 5.41) is 12.9. The summed E-state index contributed by atoms with van der Waals surface area (Å²) in [7, 11) is -3.78. The Morgan fingerprint density at radius 2 is 1.90 bits per heavy atom. The van der Waals surface area contributed by atoms with Crippen LogP contribution in [0.1, 0.15) is 20.8 Å². The van der Waals surface area contributed by atoms with Gasteiger partial charge in [0.2, 0.25) is 5.91 Å². The van der Waals surface area contributed by atoms with Gasteiger partial charge in [-0.25, -0.2) is 13.2 Å². The topological polar surface area (TPSA) is 113 Å². The molecule has 1 heterocycles. The molecule has 9 heteroatoms. The minimum Gasteiger partial charge on any atom is -0.480 e. The third kappa shape index (κ3) is 4.80. The van der Waals surface area contributed by atoms with E-state index in [2.05, 4.69) is 10.0 Å². The molecule has 1 rings (SSSR count). The molecule has 0 aliphatic heterocycles. The summed E-state index contributed by atoms with van der Waals surface area (Å²) in [6.07, 6.45) is 0. The molecule has 0 aliphatic carbocycles. The van der Waals surface area contributed by atoms with E-state index in [4.69, 9.17) is 5.11 Å². The summed E-state index contributed by atoms with van der Waals surface area (Å²) >= 11 is 1.03. The van der Waals surface area contributed by atoms with Crippen molar-refractivity contribution in [1.29, 1.82) is 0 Å². The molecule has 118 valence electrons. The van der Waals surface area contributed by atoms with Crippen LogP contribution in [-0.4, -0.2) is 37.5 Å². The normalized spacial score (nSPS) is 14.7. The Kier molecular flexibility index (Phi) is 5.87. The number of carbonyl (C=O) groups excluding carboxylic acids is 1. The van der Waals surface area contributed by atoms with Crippen LogP contribution in [0.2, 0.25) is 0 Å². The van der Waals surface area contributed by atoms with E-state index in [0.717, 1.165) is 11.3 Å². The van der Waals surface area contributed by atoms with Crippen molar-refractivity contribution in [2.24, 2.45) is 5.92 Å². The van der Waals surface area contributed by atoms with Crippen LogP contribution in [0.4, 0.5) is 0 Å². The van der Waals surface area contributed by atoms with Gasteiger partial charge in [-0.15, -0.1) is 11.3 Å². The second-order valence-corrected chi connectivity index (χ2v) is 7.73. The zero-order valence-corrected chi connectivity index (χ0v) is 13.5. The fourth-order valence-corrected chi connectivity index (χ4v) is 3.77. The van der Waals surface area contributed by atoms with Gasteiger partial charge >= 0.3 is 5.97 Å². The minimum atomic E-state index is -3.78. The van der Waals surface area contributed by atoms with E-state index in [1.807, 2.05) is 0 Å². The Bertz CT molecular complexity index is 595. The molecule has 1 aromatic rings. The van der Waals surface area contributed by atoms with Gasteiger partial charge in [-0.05, 0) is 24.3 Å². The number of sulfonamides is 1. The minimum absolute atomic E-state index is 0.0980. The highest BCUT2D eigenvalue weighted by Crippen LogP contribution is 2.15. The number of carboxylic acid groups (broad SMARTS) is 1. The van der Waals surface area contributed by atoms with Gasteiger partial charge in [0.25, 0.3) is 10.0 Å². The Hall–Kier alpha value is -1.45. The number of thiophene rings is 1. The molecule has 0 bridgehead atoms. The molecule has 1 amide bonds. The Morgan fingerprint density at radius 1 is 1.29 bits per heavy atom. The quantitative estimate of drug-likeness (QED) is 0.677. The van der Waals surface area contributed by atoms with E-state index in [1.54, 1.807) is 25.3 Å². The lowest BCUT2D eigenvalue weighted by Crippen LogP contribution is -2.51. The van der Waals surface area contributed by atoms with E-state index in [1.165, 1.54) is 13.0 Å². The van der Waals surface area contributed by atoms with Crippen LogP contribution in [0.25, 0.3) is 0 Å². The fraction of sp³-hybridized carbons (Fsp3) is 0.500. The molecular formula is C12H18N2O5S2. The van der Waals surface area contributed by atoms with Gasteiger partial charge in [-0.3, -0.25) is 4.79 Å². The van der Waals surface area contributed by atoms with Gasteiger partial charge < -0.3 is 10.4 Å². The van der Waals surface area contributed by atoms with Crippen molar-refractivity contribution in [1.82, 2.24) is 10.0 Å². The summed E-state index contributed by atoms with van der Waals surface area (Å²) < 4.78 is 26.2. The largest absolute Gasteiger partial charge is 0.480 e. The van der Waals surface area contributed by atoms with Gasteiger partial charge in [-0.1, -0.05) is 19.9 Å². The summed E-state index contributed by atoms with van der Waals surface area (Å²) in [5.41, 5.74) is 0. The summed E-state index contributed by atoms with van der Waals surface area (Å²) in [4.78, 5) is 22.9. The Morgan fingerprint density at radius 3 is 2.33 bits per heavy atom. The van der Waals surface area contributed by atoms with Crippen LogP contribution in [-0.2, 0) is 19.6 Å². The van der Waals surface area contributed by atoms with E-state index >= 15 is 0 Å². The number of rotatable bonds is 7. The van der Waals surface area contributed by atoms with Crippen molar-refractivity contribution in [2.75, 3.05) is 0 Å². The lowest BCUT2D eigenvalue weighted by Gasteiger charge is -2.20. The van der Waals surface area contributed by atoms with Crippen molar-refractivity contribution in [3.05, 3.63) is 17.5 Å². The third-order valence-electron chi connectivity index (χ3n) is 2.72. The SMILES string of the molecule is CC(NS(=O)(=O)c1cccs1)C(=O)NC(C(=O)O)C(C)C. The van der Waals surface area contributed by atoms with E-state index in [9.17, 15) is 18.0 Å². The number of carboxylic acids is 1. The maximum atomic E-state index is 12.0. The first-order chi connectivity index (χ1) is 9.65. The molecule has 0 radical (unpaired) electrons. The number of hydrogen-bond donors (Lipinski definition) is 3. The number of aliphatic carboxylic acids is 1. The summed E-state index contributed by atoms with van der Waals surface area (Å²) in [6, 6.07) is 0.874. The van der Waals surface area contributed by atoms with Gasteiger partial charge in [0.05, 0.1) is 6.04 Å². The fourth-order valence-electron chi connectivity index (χ4n) is 1.55. The number of amides is 1. The van der Waals surface area contributed by atoms with Gasteiger partial charge in [0, 0.05) is 0 Å². The number of hydrogen-bond acceptors (Lipinski definition) is 5. The third-order valence-corrected chi connectivity index (χ3v) is 5.65. The van der Waals surface area contributed by atoms with Crippen molar-refractivity contribution in [3.8, 4) is 0 Å². The average molecular weight is 334 g/mol. The first kappa shape index (κ1) is 17.6. The molecule has 0 fully saturated rings. The summed E-state index contributed by atoms with van der Waals surface area (Å²) in [6.45, 7) is 4.67. The molecule has 2 unspecified atom stereocenters. The van der Waals surface area contributed by atoms with E-state index in [0.29, 0.717) is 0 Å². The van der Waals surface area contributed by atoms with Crippen molar-refractivity contribution in [2.45, 2.75) is 37.1 Å². The predicted molar refractivity (Wildman–Crippen MR) is 78.5 cm³/mol. The first-order valence-electron chi connectivity index (χ1n) is 6.24. The van der Waals surface area contributed by atoms with E-state index < -0.39 is 34.0 Å². The van der Waals surface area contributed by atoms with Crippen LogP contribution in [0.15, 0.2) is 21.7 Å². The van der Waals surface area contributed by atoms with Crippen molar-refractivity contribution >= 4 is 33.2 Å². The predicted octanol–water partition coefficient (Wildman–Crippen LogP) is 0.640. The molecule has 0 spiro atoms. The van der Waals surface area contributed by atoms with Crippen LogP contribution in [0.5, 0.6) is 0 Å². The maximum Gasteiger partial charge on any atom is 0.326 e. The number of carbonyl (C=O) groups is 2. The van der Waals surface area contributed by atoms with Crippen molar-refractivity contribution in [3.63, 3.8) is 0 Å². The molecule has 7 nitrogen and oxygen atoms in total. The second-order valence-electron chi connectivity index (χ2n) is 4.84. The van der Waals surface area contributed by atoms with Gasteiger partial charge in [0.15, 0.2) is 0 Å². The molecule has 0 saturated heterocycles. The molecule has 2 atom stereocenters. The lowest BCUT2D eigenvalue weighted by atomic mass is 10.0. The number of nitrogens with one attached hydrogen (secondary N) is 2. The molecule has 3 N–H and O–H groups in total. The standard InChI is InChI=1S/C12H18N2O5S2/c1-7(2)10(12(16)17)13-11(15)8(3)14-21(18,19)9-5-4-6-20-9/h4-8,10,14H,1-3H3,(H,13,15)(H,16,17). The molecule has 1 aromatic heterocycles. The first-order valence-corrected chi connectivity index (χ1v) is 8.60. The van der Waals surface area contributed by atoms with Crippen LogP contribution < -0.4 is 10.0 Å². The highest BCUT2D eigenvalue weighted by atomic mass is 32.2. The van der Waals surface area contributed by atoms with Crippen LogP contribution >= 0.6 is 11.3 Å². The monoisotopic (exact) mass is 334 g/mol. The highest BCUT2D eigenvalue weighted by Gasteiger charge is 2.28. The molecular weight excluding hydrogens is 316 g/mol. The Labute approximate surface area is 127 Å². The van der Waals surface area contributed by atoms with Gasteiger partial charge in [0.1, 0.15) is 10.3 Å². The van der Waals surface area contributed by atoms with E-state index in [-0.39, 0.29) is 10.1 Å². The second kappa shape index (κ2) is 7.01. The Balaban J connectivity index is 2.73. The molecule has 0 aromatic carbocycles. The lowest BCUT2D eigenvalue weighted by molar-refractivity contribution is -0.143. The molecule has 21 heavy (non-hydrogen) atoms. The summed E-state index contributed by atoms with van der Waals surface area (Å²) in [5.74, 6) is -2.16. The maximum absolute atomic E-state index is 12.0. The zero-order chi connectivity index (χ0) is 16.2. The van der Waals surface area contributed by atoms with Crippen LogP contribution in [0.3, 0.4) is 0 Å². The van der Waals surface area contributed by atoms with Crippen molar-refractivity contribution < 1.29 is 23.1 Å². The highest BCUT2D eigenvalue weighted by molar-refractivity contribution is 7.91.